The van der Waals surface area contributed by atoms with E-state index in [1.807, 2.05) is 0 Å². The molecule has 18 nitrogen and oxygen atoms in total. The van der Waals surface area contributed by atoms with Crippen LogP contribution in [-0.4, -0.2) is 105 Å². The van der Waals surface area contributed by atoms with E-state index in [2.05, 4.69) is 42.2 Å². The number of nitrogen functional groups attached to an aromatic ring is 2. The van der Waals surface area contributed by atoms with Crippen molar-refractivity contribution in [3.05, 3.63) is 29.3 Å². The summed E-state index contributed by atoms with van der Waals surface area (Å²) in [6.45, 7) is -4.12. The molecule has 7 N–H and O–H groups in total. The summed E-state index contributed by atoms with van der Waals surface area (Å²) in [5.41, 5.74) is 8.19. The third kappa shape index (κ3) is 4.78. The third-order valence-electron chi connectivity index (χ3n) is 7.65. The Kier molecular flexibility index (Phi) is 7.45. The maximum Gasteiger partial charge on any atom is 0.280 e. The Morgan fingerprint density at radius 1 is 1.19 bits per heavy atom. The molecule has 9 atom stereocenters. The molecule has 0 aliphatic carbocycles. The van der Waals surface area contributed by atoms with Crippen LogP contribution in [0.4, 0.5) is 16.2 Å². The lowest BCUT2D eigenvalue weighted by atomic mass is 9.98. The highest BCUT2D eigenvalue weighted by atomic mass is 32.7. The van der Waals surface area contributed by atoms with E-state index >= 15 is 4.39 Å². The number of aromatic nitrogens is 8. The maximum absolute atomic E-state index is 15.7. The Bertz CT molecular complexity index is 1790. The standard InChI is InChI=1S/C22H28FN10O8PS/c1-22(14(35)12(38-2)19(41-22)32-6-28-10-15(24)26-5-27-16(10)32)4-39-42(37,43)13-9(23)8(3-34)40-20(13)33-7-29-11-17(33)30-21(25)31-18(11)36/h5-9,12-14,19-20,34-35H,3-4H2,1-2H3,(H,37,43)(H2,24,26,27)(H3,25,30,31,36)/t8-,9-,12-,13-,14+,19-,20-,22?,42?/m1/s1. The fraction of sp³-hybridized carbons (Fsp3) is 0.545. The number of anilines is 2. The van der Waals surface area contributed by atoms with Crippen LogP contribution in [0, 0.1) is 0 Å². The number of hydrogen-bond acceptors (Lipinski definition) is 15. The Morgan fingerprint density at radius 2 is 1.88 bits per heavy atom. The average Bonchev–Trinajstić information content (AvgIpc) is 3.71. The molecule has 0 bridgehead atoms. The summed E-state index contributed by atoms with van der Waals surface area (Å²) < 4.78 is 55.6. The van der Waals surface area contributed by atoms with Gasteiger partial charge >= 0.3 is 0 Å². The van der Waals surface area contributed by atoms with Crippen LogP contribution in [0.1, 0.15) is 19.4 Å². The second-order valence-electron chi connectivity index (χ2n) is 10.3. The molecule has 6 rings (SSSR count). The Labute approximate surface area is 246 Å². The molecular weight excluding hydrogens is 614 g/mol. The summed E-state index contributed by atoms with van der Waals surface area (Å²) in [5, 5.41) is 21.0. The number of thiol groups is 1. The molecule has 2 fully saturated rings. The van der Waals surface area contributed by atoms with Crippen molar-refractivity contribution in [1.29, 1.82) is 0 Å². The van der Waals surface area contributed by atoms with Crippen LogP contribution in [0.2, 0.25) is 0 Å². The highest BCUT2D eigenvalue weighted by Gasteiger charge is 2.58. The van der Waals surface area contributed by atoms with E-state index in [9.17, 15) is 19.6 Å². The first-order valence-corrected chi connectivity index (χ1v) is 15.7. The number of aromatic amines is 1. The highest BCUT2D eigenvalue weighted by Crippen LogP contribution is 2.64. The number of aliphatic hydroxyl groups excluding tert-OH is 2. The van der Waals surface area contributed by atoms with Gasteiger partial charge in [-0.2, -0.15) is 4.98 Å². The average molecular weight is 643 g/mol. The Hall–Kier alpha value is -3.23. The number of nitrogens with zero attached hydrogens (tertiary/aromatic N) is 7. The summed E-state index contributed by atoms with van der Waals surface area (Å²) in [6, 6.07) is 0. The quantitative estimate of drug-likeness (QED) is 0.105. The summed E-state index contributed by atoms with van der Waals surface area (Å²) in [6.07, 6.45) is -4.35. The smallest absolute Gasteiger partial charge is 0.280 e. The minimum absolute atomic E-state index is 0.0698. The number of alkyl halides is 1. The van der Waals surface area contributed by atoms with Gasteiger partial charge in [0.25, 0.3) is 12.1 Å². The molecule has 43 heavy (non-hydrogen) atoms. The van der Waals surface area contributed by atoms with Gasteiger partial charge in [-0.25, -0.2) is 24.3 Å². The zero-order valence-electron chi connectivity index (χ0n) is 22.6. The van der Waals surface area contributed by atoms with Crippen molar-refractivity contribution in [2.45, 2.75) is 55.1 Å². The van der Waals surface area contributed by atoms with E-state index < -0.39 is 73.5 Å². The molecule has 4 aromatic heterocycles. The van der Waals surface area contributed by atoms with E-state index in [1.165, 1.54) is 35.8 Å². The monoisotopic (exact) mass is 642 g/mol. The van der Waals surface area contributed by atoms with Crippen LogP contribution < -0.4 is 17.0 Å². The van der Waals surface area contributed by atoms with Crippen molar-refractivity contribution in [1.82, 2.24) is 39.0 Å². The lowest BCUT2D eigenvalue weighted by molar-refractivity contribution is -0.111. The summed E-state index contributed by atoms with van der Waals surface area (Å²) in [5.74, 6) is -0.0983. The van der Waals surface area contributed by atoms with Crippen LogP contribution >= 0.6 is 18.8 Å². The van der Waals surface area contributed by atoms with Gasteiger partial charge in [-0.05, 0) is 6.92 Å². The molecule has 2 aliphatic heterocycles. The molecule has 2 saturated heterocycles. The Morgan fingerprint density at radius 3 is 2.58 bits per heavy atom. The van der Waals surface area contributed by atoms with Gasteiger partial charge in [0.05, 0.1) is 25.9 Å². The number of fused-ring (bicyclic) bond motifs is 2. The summed E-state index contributed by atoms with van der Waals surface area (Å²) >= 11 is 4.24. The van der Waals surface area contributed by atoms with Crippen molar-refractivity contribution in [2.75, 3.05) is 31.8 Å². The van der Waals surface area contributed by atoms with E-state index in [1.54, 1.807) is 0 Å². The van der Waals surface area contributed by atoms with Gasteiger partial charge in [-0.15, -0.1) is 0 Å². The number of aliphatic hydroxyl groups is 2. The molecule has 21 heteroatoms. The normalized spacial score (nSPS) is 32.6. The molecule has 0 amide bonds. The van der Waals surface area contributed by atoms with Gasteiger partial charge in [-0.1, -0.05) is 12.2 Å². The zero-order valence-corrected chi connectivity index (χ0v) is 24.4. The van der Waals surface area contributed by atoms with Crippen LogP contribution in [-0.2, 0) is 23.3 Å². The minimum Gasteiger partial charge on any atom is -0.394 e. The molecule has 0 spiro atoms. The number of imidazole rings is 2. The van der Waals surface area contributed by atoms with Gasteiger partial charge < -0.3 is 40.4 Å². The molecular formula is C22H28FN10O8PS. The number of nitrogens with one attached hydrogen (secondary N) is 1. The lowest BCUT2D eigenvalue weighted by Crippen LogP contribution is -2.45. The Balaban J connectivity index is 1.29. The summed E-state index contributed by atoms with van der Waals surface area (Å²) in [7, 11) is 1.37. The number of nitrogens with two attached hydrogens (primary N) is 2. The molecule has 2 aliphatic rings. The van der Waals surface area contributed by atoms with E-state index in [4.69, 9.17) is 30.2 Å². The van der Waals surface area contributed by atoms with E-state index in [0.29, 0.717) is 11.2 Å². The number of halogens is 1. The molecule has 0 saturated carbocycles. The van der Waals surface area contributed by atoms with Crippen LogP contribution in [0.5, 0.6) is 0 Å². The zero-order chi connectivity index (χ0) is 30.8. The molecule has 4 aromatic rings. The molecule has 2 unspecified atom stereocenters. The van der Waals surface area contributed by atoms with Crippen molar-refractivity contribution >= 4 is 52.9 Å². The van der Waals surface area contributed by atoms with Gasteiger partial charge in [0.2, 0.25) is 5.95 Å². The van der Waals surface area contributed by atoms with Gasteiger partial charge in [-0.3, -0.25) is 23.5 Å². The second kappa shape index (κ2) is 10.7. The third-order valence-corrected chi connectivity index (χ3v) is 10.6. The predicted octanol–water partition coefficient (Wildman–Crippen LogP) is -0.477. The topological polar surface area (TPSA) is 254 Å². The van der Waals surface area contributed by atoms with Gasteiger partial charge in [0, 0.05) is 7.11 Å². The fourth-order valence-corrected chi connectivity index (χ4v) is 8.01. The number of ether oxygens (including phenoxy) is 3. The molecule has 6 heterocycles. The number of H-pyrrole nitrogens is 1. The predicted molar refractivity (Wildman–Crippen MR) is 150 cm³/mol. The largest absolute Gasteiger partial charge is 0.394 e. The SMILES string of the molecule is CO[C@H]1[C@H](n2cnc3c(N)ncnc32)OC(C)(COP(=O)(S)[C@@H]2[C@H](F)[C@@H](CO)O[C@H]2n2cnc3c(=O)[nH]c(N)nc32)[C@H]1O. The minimum atomic E-state index is -4.32. The molecule has 0 radical (unpaired) electrons. The fourth-order valence-electron chi connectivity index (χ4n) is 5.41. The van der Waals surface area contributed by atoms with Crippen molar-refractivity contribution in [3.63, 3.8) is 0 Å². The van der Waals surface area contributed by atoms with Crippen molar-refractivity contribution < 1.29 is 37.9 Å². The van der Waals surface area contributed by atoms with Crippen LogP contribution in [0.25, 0.3) is 22.3 Å². The van der Waals surface area contributed by atoms with E-state index in [0.717, 1.165) is 6.33 Å². The molecule has 232 valence electrons. The van der Waals surface area contributed by atoms with Crippen molar-refractivity contribution in [3.8, 4) is 0 Å². The first-order chi connectivity index (χ1) is 20.4. The van der Waals surface area contributed by atoms with E-state index in [-0.39, 0.29) is 22.9 Å². The number of hydrogen-bond donors (Lipinski definition) is 6. The summed E-state index contributed by atoms with van der Waals surface area (Å²) in [4.78, 5) is 35.0. The highest BCUT2D eigenvalue weighted by molar-refractivity contribution is 8.46. The first kappa shape index (κ1) is 29.8. The number of rotatable bonds is 8. The van der Waals surface area contributed by atoms with Crippen LogP contribution in [0.3, 0.4) is 0 Å². The van der Waals surface area contributed by atoms with Crippen LogP contribution in [0.15, 0.2) is 23.8 Å². The maximum atomic E-state index is 15.7. The molecule has 0 aromatic carbocycles. The number of methoxy groups -OCH3 is 1. The first-order valence-electron chi connectivity index (χ1n) is 12.8. The van der Waals surface area contributed by atoms with Gasteiger partial charge in [0.15, 0.2) is 35.1 Å². The lowest BCUT2D eigenvalue weighted by Gasteiger charge is -2.31. The van der Waals surface area contributed by atoms with Crippen molar-refractivity contribution in [2.24, 2.45) is 0 Å². The van der Waals surface area contributed by atoms with Gasteiger partial charge in [0.1, 0.15) is 47.6 Å². The second-order valence-corrected chi connectivity index (χ2v) is 14.0.